The van der Waals surface area contributed by atoms with Crippen LogP contribution in [0.2, 0.25) is 0 Å². The Bertz CT molecular complexity index is 3910. The van der Waals surface area contributed by atoms with E-state index >= 15 is 0 Å². The third-order valence-electron chi connectivity index (χ3n) is 24.7. The summed E-state index contributed by atoms with van der Waals surface area (Å²) in [7, 11) is -5.68. The van der Waals surface area contributed by atoms with Crippen molar-refractivity contribution >= 4 is 34.0 Å². The number of ether oxygens (including phenoxy) is 21. The molecule has 0 radical (unpaired) electrons. The Hall–Kier alpha value is -4.25. The van der Waals surface area contributed by atoms with Crippen LogP contribution >= 0.6 is 0 Å². The van der Waals surface area contributed by atoms with Crippen LogP contribution in [0.15, 0.2) is 0 Å². The Kier molecular flexibility index (Phi) is 40.3. The van der Waals surface area contributed by atoms with Crippen LogP contribution in [0.1, 0.15) is 34.6 Å². The van der Waals surface area contributed by atoms with E-state index in [1.807, 2.05) is 0 Å². The van der Waals surface area contributed by atoms with Gasteiger partial charge in [-0.05, 0) is 6.92 Å². The number of nitrogens with one attached hydrogen (secondary N) is 4. The molecule has 0 aromatic heterocycles. The molecular weight excluding hydrogens is 1900 g/mol. The van der Waals surface area contributed by atoms with E-state index in [0.717, 1.165) is 27.7 Å². The highest BCUT2D eigenvalue weighted by Crippen LogP contribution is 2.42. The van der Waals surface area contributed by atoms with Crippen molar-refractivity contribution in [3.63, 3.8) is 0 Å². The van der Waals surface area contributed by atoms with Crippen LogP contribution in [0.4, 0.5) is 0 Å². The van der Waals surface area contributed by atoms with Gasteiger partial charge in [0.05, 0.1) is 72.2 Å². The lowest BCUT2D eigenvalue weighted by Crippen LogP contribution is -2.71. The molecule has 794 valence electrons. The highest BCUT2D eigenvalue weighted by atomic mass is 32.3. The van der Waals surface area contributed by atoms with E-state index in [1.54, 1.807) is 0 Å². The Morgan fingerprint density at radius 2 is 0.489 bits per heavy atom. The van der Waals surface area contributed by atoms with Crippen molar-refractivity contribution in [3.05, 3.63) is 0 Å². The van der Waals surface area contributed by atoms with E-state index in [0.29, 0.717) is 0 Å². The third-order valence-corrected chi connectivity index (χ3v) is 25.2. The molecule has 62 nitrogen and oxygen atoms in total. The van der Waals surface area contributed by atoms with Gasteiger partial charge < -0.3 is 269 Å². The Morgan fingerprint density at radius 3 is 0.825 bits per heavy atom. The van der Waals surface area contributed by atoms with Gasteiger partial charge in [-0.25, -0.2) is 4.18 Å². The first kappa shape index (κ1) is 113. The molecule has 63 heteroatoms. The molecule has 0 aromatic rings. The second-order valence-corrected chi connectivity index (χ2v) is 35.3. The fourth-order valence-electron chi connectivity index (χ4n) is 17.5. The summed E-state index contributed by atoms with van der Waals surface area (Å²) in [6.45, 7) is -6.88. The van der Waals surface area contributed by atoms with Gasteiger partial charge in [-0.15, -0.1) is 0 Å². The predicted molar refractivity (Wildman–Crippen MR) is 418 cm³/mol. The molecule has 34 N–H and O–H groups in total. The molecule has 11 aliphatic rings. The maximum Gasteiger partial charge on any atom is 0.397 e. The molecule has 0 bridgehead atoms. The first-order valence-corrected chi connectivity index (χ1v) is 44.5. The number of aliphatic hydroxyl groups excluding tert-OH is 29. The van der Waals surface area contributed by atoms with Crippen molar-refractivity contribution in [2.45, 2.75) is 372 Å². The summed E-state index contributed by atoms with van der Waals surface area (Å²) in [5.74, 6) is -4.06. The molecule has 11 heterocycles. The van der Waals surface area contributed by atoms with Gasteiger partial charge in [0.2, 0.25) is 23.6 Å². The average Bonchev–Trinajstić information content (AvgIpc) is 0.762. The molecule has 137 heavy (non-hydrogen) atoms. The number of hydrogen-bond donors (Lipinski definition) is 34. The minimum atomic E-state index is -5.68. The fraction of sp³-hybridized carbons (Fsp3) is 0.946. The molecule has 1 unspecified atom stereocenters. The van der Waals surface area contributed by atoms with Crippen LogP contribution in [0.5, 0.6) is 0 Å². The Labute approximate surface area is 775 Å². The zero-order chi connectivity index (χ0) is 101. The molecule has 0 aromatic carbocycles. The van der Waals surface area contributed by atoms with Crippen molar-refractivity contribution < 1.29 is 284 Å². The lowest BCUT2D eigenvalue weighted by Gasteiger charge is -2.51. The minimum absolute atomic E-state index is 0.847. The highest BCUT2D eigenvalue weighted by Gasteiger charge is 2.63. The Balaban J connectivity index is 0.891. The van der Waals surface area contributed by atoms with E-state index in [2.05, 4.69) is 21.3 Å². The monoisotopic (exact) mass is 2030 g/mol. The van der Waals surface area contributed by atoms with E-state index < -0.39 is 438 Å². The summed E-state index contributed by atoms with van der Waals surface area (Å²) >= 11 is 0. The molecule has 11 saturated heterocycles. The molecule has 11 aliphatic heterocycles. The van der Waals surface area contributed by atoms with Gasteiger partial charge >= 0.3 is 10.4 Å². The summed E-state index contributed by atoms with van der Waals surface area (Å²) < 4.78 is 163. The first-order chi connectivity index (χ1) is 64.6. The van der Waals surface area contributed by atoms with Gasteiger partial charge in [-0.1, -0.05) is 0 Å². The standard InChI is InChI=1S/C74H124N4O58S/c1-16-35(91)45(101)50(106)69(117-16)135-63-62(136-137(112,113)114)38(94)23(8-81)121-74(63)132-58-26(11-84)123-66(32(42(58)98)76-18(3)88)116-15-30-40(96)61(54(110)73(127-30)131-59-24(9-82)118-64(111)49(105)48(59)104)134-68-34(78-20(5)90)44(100)57(28(13-86)125-68)130-72-53(109)60(133-67-33(77-19(4)89)43(99)56(27(12-85)124-67)129-71-52(108)47(103)37(93)22(7-80)120-71)39(95)29(126-72)14-115-65-31(75-17(2)87)41(97)55(25(10-83)122-65)128-70-51(107)46(102)36(92)21(6-79)119-70/h16,21-74,79-86,91-111H,6-15H2,1-5H3,(H,75,87)(H,76,88)(H,77,89)(H,78,90)(H,112,113,114)/t16-,21+,22+,23+,24+,25+,26+,27+,28+,29+,30+,31+,32+,33+,34+,35+,36-,37-,38-,39-,40-,41+,42+,43+,44+,45+,46-,47-,48+,49+,50-,51+,52+,53+,54+,55+,56+,57+,58+,59+,60-,61-,62-,63+,64?,65+,66+,67-,68-,69-,70-,71-,72-,73-,74-/m0/s1. The molecule has 55 atom stereocenters. The van der Waals surface area contributed by atoms with Crippen LogP contribution in [0.3, 0.4) is 0 Å². The zero-order valence-electron chi connectivity index (χ0n) is 73.1. The molecular formula is C74H124N4O58S. The normalized spacial score (nSPS) is 49.1. The van der Waals surface area contributed by atoms with Gasteiger partial charge in [0.15, 0.2) is 69.2 Å². The summed E-state index contributed by atoms with van der Waals surface area (Å²) in [6, 6.07) is -8.11. The highest BCUT2D eigenvalue weighted by molar-refractivity contribution is 7.80. The van der Waals surface area contributed by atoms with E-state index in [1.165, 1.54) is 6.92 Å². The number of carbonyl (C=O) groups excluding carboxylic acids is 4. The smallest absolute Gasteiger partial charge is 0.394 e. The number of amides is 4. The minimum Gasteiger partial charge on any atom is -0.394 e. The van der Waals surface area contributed by atoms with Gasteiger partial charge in [-0.2, -0.15) is 8.42 Å². The molecule has 0 spiro atoms. The second kappa shape index (κ2) is 48.8. The lowest BCUT2D eigenvalue weighted by atomic mass is 9.93. The van der Waals surface area contributed by atoms with Gasteiger partial charge in [0.1, 0.15) is 262 Å². The largest absolute Gasteiger partial charge is 0.397 e. The van der Waals surface area contributed by atoms with Crippen LogP contribution < -0.4 is 21.3 Å². The van der Waals surface area contributed by atoms with Crippen LogP contribution in [-0.2, 0) is 133 Å². The molecule has 0 aliphatic carbocycles. The first-order valence-electron chi connectivity index (χ1n) is 43.2. The van der Waals surface area contributed by atoms with E-state index in [4.69, 9.17) is 104 Å². The maximum atomic E-state index is 13.5. The van der Waals surface area contributed by atoms with Crippen LogP contribution in [-0.4, -0.2) is 588 Å². The average molecular weight is 2030 g/mol. The second-order valence-electron chi connectivity index (χ2n) is 34.3. The SMILES string of the molecule is CC(=O)N[C@H]1[C@H](OC[C@H]2O[C@@H](O[C@H]3[C@H](O)[C@@H](NC(C)=O)[C@H](O[C@H]4[C@@H](O)[C@@H](CO[C@@H]5O[C@H](CO)[C@@H](O[C@@H]6O[C@H](CO)[C@H](O)[C@H](OS(=O)(=O)O)[C@H]6O[C@@H]6O[C@@H](C)[C@@H](O)[C@@H](O)[C@@H]6O)[C@H](O)[C@H]5NC(C)=O)O[C@@H](O[C@H]5[C@H](O)[C@@H](O)C(O)O[C@@H]5CO)[C@@H]4O)O[C@@H]3CO)[C@H](O)[C@@H](O[C@@H]3O[C@H](CO)[C@@H](O[C@@H]4O[C@H](CO)[C@H](O)[C@H](O)[C@H]4O)[C@H](O)[C@H]3NC(C)=O)[C@H]2O)O[C@H](CO)[C@@H](O[C@@H]2O[C@H](CO)[C@H](O)[C@H](O)[C@H]2O)[C@@H]1O. The summed E-state index contributed by atoms with van der Waals surface area (Å²) in [5, 5.41) is 333. The topological polar surface area (TPSA) is 961 Å². The predicted octanol–water partition coefficient (Wildman–Crippen LogP) is -23.5. The van der Waals surface area contributed by atoms with E-state index in [9.17, 15) is 180 Å². The third kappa shape index (κ3) is 25.5. The van der Waals surface area contributed by atoms with Crippen molar-refractivity contribution in [2.75, 3.05) is 66.1 Å². The number of rotatable bonds is 36. The van der Waals surface area contributed by atoms with Crippen molar-refractivity contribution in [3.8, 4) is 0 Å². The zero-order valence-corrected chi connectivity index (χ0v) is 73.9. The fourth-order valence-corrected chi connectivity index (χ4v) is 18.0. The number of carbonyl (C=O) groups is 4. The quantitative estimate of drug-likeness (QED) is 0.0259. The Morgan fingerprint density at radius 1 is 0.241 bits per heavy atom. The number of aliphatic hydroxyl groups is 29. The van der Waals surface area contributed by atoms with Crippen molar-refractivity contribution in [1.29, 1.82) is 0 Å². The molecule has 0 saturated carbocycles. The van der Waals surface area contributed by atoms with Gasteiger partial charge in [0, 0.05) is 27.7 Å². The summed E-state index contributed by atoms with van der Waals surface area (Å²) in [4.78, 5) is 52.7. The van der Waals surface area contributed by atoms with E-state index in [-0.39, 0.29) is 0 Å². The van der Waals surface area contributed by atoms with Gasteiger partial charge in [0.25, 0.3) is 0 Å². The molecule has 11 fully saturated rings. The summed E-state index contributed by atoms with van der Waals surface area (Å²) in [6.07, 6.45) is -110. The number of hydrogen-bond acceptors (Lipinski definition) is 57. The van der Waals surface area contributed by atoms with Crippen molar-refractivity contribution in [2.24, 2.45) is 0 Å². The summed E-state index contributed by atoms with van der Waals surface area (Å²) in [5.41, 5.74) is 0. The van der Waals surface area contributed by atoms with Crippen LogP contribution in [0, 0.1) is 0 Å². The maximum absolute atomic E-state index is 13.5. The van der Waals surface area contributed by atoms with Gasteiger partial charge in [-0.3, -0.25) is 23.7 Å². The molecule has 11 rings (SSSR count). The lowest BCUT2D eigenvalue weighted by molar-refractivity contribution is -0.391. The van der Waals surface area contributed by atoms with Crippen molar-refractivity contribution in [1.82, 2.24) is 21.3 Å². The molecule has 4 amide bonds. The van der Waals surface area contributed by atoms with Crippen LogP contribution in [0.25, 0.3) is 0 Å².